The fourth-order valence-electron chi connectivity index (χ4n) is 1.43. The van der Waals surface area contributed by atoms with E-state index in [2.05, 4.69) is 23.8 Å². The Bertz CT molecular complexity index is 348. The van der Waals surface area contributed by atoms with E-state index in [9.17, 15) is 0 Å². The van der Waals surface area contributed by atoms with Gasteiger partial charge in [-0.15, -0.1) is 0 Å². The zero-order chi connectivity index (χ0) is 12.1. The number of rotatable bonds is 5. The Hall–Kier alpha value is -1.65. The van der Waals surface area contributed by atoms with E-state index in [4.69, 9.17) is 15.9 Å². The monoisotopic (exact) mass is 222 g/mol. The topological polar surface area (TPSA) is 84.9 Å². The van der Waals surface area contributed by atoms with Crippen molar-refractivity contribution in [1.29, 1.82) is 5.41 Å². The summed E-state index contributed by atoms with van der Waals surface area (Å²) in [5.74, 6) is 0.965. The quantitative estimate of drug-likeness (QED) is 0.585. The van der Waals surface area contributed by atoms with Gasteiger partial charge in [0.25, 0.3) is 0 Å². The van der Waals surface area contributed by atoms with E-state index in [1.165, 1.54) is 12.4 Å². The lowest BCUT2D eigenvalue weighted by molar-refractivity contribution is 0.185. The van der Waals surface area contributed by atoms with Gasteiger partial charge in [0.2, 0.25) is 5.88 Å². The minimum atomic E-state index is -0.0886. The molecule has 0 aliphatic carbocycles. The van der Waals surface area contributed by atoms with Gasteiger partial charge in [0, 0.05) is 0 Å². The molecule has 3 N–H and O–H groups in total. The van der Waals surface area contributed by atoms with E-state index in [0.29, 0.717) is 17.5 Å². The third kappa shape index (κ3) is 3.84. The summed E-state index contributed by atoms with van der Waals surface area (Å²) < 4.78 is 5.57. The van der Waals surface area contributed by atoms with Crippen LogP contribution in [0.15, 0.2) is 12.4 Å². The second-order valence-corrected chi connectivity index (χ2v) is 4.21. The Balaban J connectivity index is 2.58. The molecule has 88 valence electrons. The first-order valence-corrected chi connectivity index (χ1v) is 5.32. The highest BCUT2D eigenvalue weighted by atomic mass is 16.5. The van der Waals surface area contributed by atoms with Crippen molar-refractivity contribution in [3.8, 4) is 5.88 Å². The van der Waals surface area contributed by atoms with Crippen LogP contribution in [-0.2, 0) is 0 Å². The summed E-state index contributed by atoms with van der Waals surface area (Å²) in [6, 6.07) is 0. The van der Waals surface area contributed by atoms with E-state index in [0.717, 1.165) is 6.42 Å². The molecular formula is C11H18N4O. The van der Waals surface area contributed by atoms with Gasteiger partial charge in [0.05, 0.1) is 18.5 Å². The summed E-state index contributed by atoms with van der Waals surface area (Å²) in [7, 11) is 0. The summed E-state index contributed by atoms with van der Waals surface area (Å²) in [5, 5.41) is 7.17. The van der Waals surface area contributed by atoms with Crippen molar-refractivity contribution in [2.24, 2.45) is 11.7 Å². The van der Waals surface area contributed by atoms with Gasteiger partial charge >= 0.3 is 0 Å². The van der Waals surface area contributed by atoms with Gasteiger partial charge in [0.15, 0.2) is 0 Å². The zero-order valence-corrected chi connectivity index (χ0v) is 9.90. The van der Waals surface area contributed by atoms with Gasteiger partial charge in [-0.3, -0.25) is 5.41 Å². The van der Waals surface area contributed by atoms with E-state index < -0.39 is 0 Å². The second kappa shape index (κ2) is 5.44. The molecule has 0 saturated heterocycles. The maximum Gasteiger partial charge on any atom is 0.232 e. The lowest BCUT2D eigenvalue weighted by Crippen LogP contribution is -2.17. The minimum Gasteiger partial charge on any atom is -0.474 e. The van der Waals surface area contributed by atoms with Crippen molar-refractivity contribution >= 4 is 5.84 Å². The molecule has 0 fully saturated rings. The minimum absolute atomic E-state index is 0.0886. The van der Waals surface area contributed by atoms with Gasteiger partial charge in [-0.05, 0) is 19.3 Å². The zero-order valence-electron chi connectivity index (χ0n) is 9.90. The standard InChI is InChI=1S/C11H18N4O/c1-7(2)4-8(3)16-10-6-14-9(5-15-10)11(12)13/h5-8H,4H2,1-3H3,(H3,12,13). The van der Waals surface area contributed by atoms with Crippen molar-refractivity contribution in [2.75, 3.05) is 0 Å². The molecule has 0 bridgehead atoms. The molecule has 0 spiro atoms. The van der Waals surface area contributed by atoms with Crippen LogP contribution in [0.25, 0.3) is 0 Å². The first kappa shape index (κ1) is 12.4. The molecule has 5 heteroatoms. The molecule has 0 saturated carbocycles. The number of aromatic nitrogens is 2. The number of ether oxygens (including phenoxy) is 1. The smallest absolute Gasteiger partial charge is 0.232 e. The highest BCUT2D eigenvalue weighted by molar-refractivity contribution is 5.92. The number of nitrogens with one attached hydrogen (secondary N) is 1. The third-order valence-electron chi connectivity index (χ3n) is 2.03. The SMILES string of the molecule is CC(C)CC(C)Oc1cnc(C(=N)N)cn1. The molecule has 16 heavy (non-hydrogen) atoms. The molecule has 1 heterocycles. The molecular weight excluding hydrogens is 204 g/mol. The van der Waals surface area contributed by atoms with Crippen molar-refractivity contribution in [2.45, 2.75) is 33.3 Å². The lowest BCUT2D eigenvalue weighted by Gasteiger charge is -2.15. The highest BCUT2D eigenvalue weighted by Crippen LogP contribution is 2.12. The number of nitrogens with zero attached hydrogens (tertiary/aromatic N) is 2. The number of amidine groups is 1. The van der Waals surface area contributed by atoms with Crippen LogP contribution in [0.3, 0.4) is 0 Å². The van der Waals surface area contributed by atoms with Crippen LogP contribution in [0.4, 0.5) is 0 Å². The first-order valence-electron chi connectivity index (χ1n) is 5.32. The number of hydrogen-bond donors (Lipinski definition) is 2. The van der Waals surface area contributed by atoms with Gasteiger partial charge < -0.3 is 10.5 Å². The van der Waals surface area contributed by atoms with E-state index in [-0.39, 0.29) is 11.9 Å². The molecule has 0 radical (unpaired) electrons. The third-order valence-corrected chi connectivity index (χ3v) is 2.03. The van der Waals surface area contributed by atoms with Crippen molar-refractivity contribution in [3.63, 3.8) is 0 Å². The Morgan fingerprint density at radius 1 is 1.38 bits per heavy atom. The summed E-state index contributed by atoms with van der Waals surface area (Å²) in [6.45, 7) is 6.29. The molecule has 5 nitrogen and oxygen atoms in total. The molecule has 0 aliphatic heterocycles. The van der Waals surface area contributed by atoms with Crippen LogP contribution in [0.5, 0.6) is 5.88 Å². The first-order chi connectivity index (χ1) is 7.49. The van der Waals surface area contributed by atoms with E-state index >= 15 is 0 Å². The fraction of sp³-hybridized carbons (Fsp3) is 0.545. The Kier molecular flexibility index (Phi) is 4.22. The van der Waals surface area contributed by atoms with Crippen LogP contribution < -0.4 is 10.5 Å². The van der Waals surface area contributed by atoms with Crippen LogP contribution in [-0.4, -0.2) is 21.9 Å². The molecule has 0 aromatic carbocycles. The van der Waals surface area contributed by atoms with Crippen molar-refractivity contribution in [3.05, 3.63) is 18.1 Å². The number of hydrogen-bond acceptors (Lipinski definition) is 4. The van der Waals surface area contributed by atoms with Crippen LogP contribution in [0, 0.1) is 11.3 Å². The van der Waals surface area contributed by atoms with Gasteiger partial charge in [-0.25, -0.2) is 9.97 Å². The van der Waals surface area contributed by atoms with Crippen molar-refractivity contribution < 1.29 is 4.74 Å². The molecule has 1 unspecified atom stereocenters. The summed E-state index contributed by atoms with van der Waals surface area (Å²) in [5.41, 5.74) is 5.64. The predicted molar refractivity (Wildman–Crippen MR) is 62.6 cm³/mol. The van der Waals surface area contributed by atoms with Crippen LogP contribution in [0.2, 0.25) is 0 Å². The fourth-order valence-corrected chi connectivity index (χ4v) is 1.43. The van der Waals surface area contributed by atoms with E-state index in [1.807, 2.05) is 6.92 Å². The Morgan fingerprint density at radius 3 is 2.50 bits per heavy atom. The van der Waals surface area contributed by atoms with Gasteiger partial charge in [-0.1, -0.05) is 13.8 Å². The van der Waals surface area contributed by atoms with E-state index in [1.54, 1.807) is 0 Å². The Morgan fingerprint density at radius 2 is 2.06 bits per heavy atom. The summed E-state index contributed by atoms with van der Waals surface area (Å²) in [4.78, 5) is 8.02. The number of nitrogens with two attached hydrogens (primary N) is 1. The average Bonchev–Trinajstić information content (AvgIpc) is 2.16. The lowest BCUT2D eigenvalue weighted by atomic mass is 10.1. The largest absolute Gasteiger partial charge is 0.474 e. The van der Waals surface area contributed by atoms with Crippen LogP contribution in [0.1, 0.15) is 32.9 Å². The number of nitrogen functional groups attached to an aromatic ring is 1. The van der Waals surface area contributed by atoms with Crippen LogP contribution >= 0.6 is 0 Å². The van der Waals surface area contributed by atoms with Crippen molar-refractivity contribution in [1.82, 2.24) is 9.97 Å². The highest BCUT2D eigenvalue weighted by Gasteiger charge is 2.08. The maximum atomic E-state index is 7.17. The maximum absolute atomic E-state index is 7.17. The van der Waals surface area contributed by atoms with Gasteiger partial charge in [0.1, 0.15) is 11.5 Å². The Labute approximate surface area is 95.6 Å². The predicted octanol–water partition coefficient (Wildman–Crippen LogP) is 1.57. The average molecular weight is 222 g/mol. The molecule has 1 rings (SSSR count). The summed E-state index contributed by atoms with van der Waals surface area (Å²) >= 11 is 0. The molecule has 0 aliphatic rings. The second-order valence-electron chi connectivity index (χ2n) is 4.21. The molecule has 1 aromatic rings. The molecule has 1 aromatic heterocycles. The van der Waals surface area contributed by atoms with Gasteiger partial charge in [-0.2, -0.15) is 0 Å². The molecule has 1 atom stereocenters. The summed E-state index contributed by atoms with van der Waals surface area (Å²) in [6.07, 6.45) is 4.01. The molecule has 0 amide bonds. The normalized spacial score (nSPS) is 12.5.